The van der Waals surface area contributed by atoms with Gasteiger partial charge in [0.2, 0.25) is 5.91 Å². The quantitative estimate of drug-likeness (QED) is 0.815. The summed E-state index contributed by atoms with van der Waals surface area (Å²) >= 11 is 0. The van der Waals surface area contributed by atoms with Gasteiger partial charge in [0.25, 0.3) is 0 Å². The van der Waals surface area contributed by atoms with Gasteiger partial charge < -0.3 is 10.0 Å². The molecule has 4 heteroatoms. The topological polar surface area (TPSA) is 57.6 Å². The lowest BCUT2D eigenvalue weighted by atomic mass is 9.89. The normalized spacial score (nSPS) is 32.8. The molecule has 4 unspecified atom stereocenters. The lowest BCUT2D eigenvalue weighted by Gasteiger charge is -2.24. The van der Waals surface area contributed by atoms with Crippen LogP contribution in [-0.4, -0.2) is 34.0 Å². The van der Waals surface area contributed by atoms with Gasteiger partial charge in [0.1, 0.15) is 0 Å². The zero-order valence-electron chi connectivity index (χ0n) is 10.6. The molecule has 0 saturated carbocycles. The van der Waals surface area contributed by atoms with E-state index in [4.69, 9.17) is 5.11 Å². The van der Waals surface area contributed by atoms with Crippen molar-refractivity contribution >= 4 is 11.9 Å². The lowest BCUT2D eigenvalue weighted by molar-refractivity contribution is -0.143. The summed E-state index contributed by atoms with van der Waals surface area (Å²) in [4.78, 5) is 25.2. The first-order chi connectivity index (χ1) is 8.04. The molecule has 2 fully saturated rings. The van der Waals surface area contributed by atoms with Crippen LogP contribution in [0.5, 0.6) is 0 Å². The third-order valence-electron chi connectivity index (χ3n) is 4.36. The number of rotatable bonds is 4. The summed E-state index contributed by atoms with van der Waals surface area (Å²) in [6.07, 6.45) is 4.08. The highest BCUT2D eigenvalue weighted by Crippen LogP contribution is 2.42. The highest BCUT2D eigenvalue weighted by molar-refractivity contribution is 5.80. The van der Waals surface area contributed by atoms with Gasteiger partial charge in [0.15, 0.2) is 0 Å². The maximum absolute atomic E-state index is 12.2. The smallest absolute Gasteiger partial charge is 0.308 e. The van der Waals surface area contributed by atoms with Crippen LogP contribution >= 0.6 is 0 Å². The number of nitrogens with zero attached hydrogens (tertiary/aromatic N) is 1. The van der Waals surface area contributed by atoms with Gasteiger partial charge in [-0.15, -0.1) is 0 Å². The highest BCUT2D eigenvalue weighted by atomic mass is 16.4. The van der Waals surface area contributed by atoms with E-state index in [1.807, 2.05) is 4.90 Å². The Morgan fingerprint density at radius 3 is 2.65 bits per heavy atom. The molecular weight excluding hydrogens is 218 g/mol. The minimum absolute atomic E-state index is 0.0333. The summed E-state index contributed by atoms with van der Waals surface area (Å²) in [5.41, 5.74) is 0. The molecule has 0 spiro atoms. The third kappa shape index (κ3) is 2.17. The first-order valence-corrected chi connectivity index (χ1v) is 6.58. The molecule has 2 bridgehead atoms. The Hall–Kier alpha value is -1.06. The van der Waals surface area contributed by atoms with Crippen LogP contribution in [0.3, 0.4) is 0 Å². The van der Waals surface area contributed by atoms with E-state index in [1.54, 1.807) is 0 Å². The summed E-state index contributed by atoms with van der Waals surface area (Å²) in [6.45, 7) is 4.15. The summed E-state index contributed by atoms with van der Waals surface area (Å²) < 4.78 is 0. The average molecular weight is 239 g/mol. The number of amides is 1. The number of hydrogen-bond donors (Lipinski definition) is 1. The Morgan fingerprint density at radius 2 is 2.12 bits per heavy atom. The van der Waals surface area contributed by atoms with Crippen molar-refractivity contribution in [2.45, 2.75) is 58.0 Å². The van der Waals surface area contributed by atoms with Crippen molar-refractivity contribution in [1.82, 2.24) is 4.90 Å². The second-order valence-corrected chi connectivity index (χ2v) is 5.50. The second kappa shape index (κ2) is 4.67. The maximum Gasteiger partial charge on any atom is 0.308 e. The molecule has 0 aromatic heterocycles. The van der Waals surface area contributed by atoms with Crippen molar-refractivity contribution in [3.05, 3.63) is 0 Å². The molecule has 2 saturated heterocycles. The van der Waals surface area contributed by atoms with E-state index in [-0.39, 0.29) is 23.9 Å². The Morgan fingerprint density at radius 1 is 1.41 bits per heavy atom. The van der Waals surface area contributed by atoms with Crippen molar-refractivity contribution in [2.75, 3.05) is 0 Å². The predicted molar refractivity (Wildman–Crippen MR) is 63.5 cm³/mol. The third-order valence-corrected chi connectivity index (χ3v) is 4.36. The fourth-order valence-electron chi connectivity index (χ4n) is 3.19. The second-order valence-electron chi connectivity index (χ2n) is 5.50. The van der Waals surface area contributed by atoms with Crippen molar-refractivity contribution in [3.63, 3.8) is 0 Å². The number of carbonyl (C=O) groups excluding carboxylic acids is 1. The van der Waals surface area contributed by atoms with Crippen LogP contribution < -0.4 is 0 Å². The van der Waals surface area contributed by atoms with Crippen molar-refractivity contribution in [1.29, 1.82) is 0 Å². The van der Waals surface area contributed by atoms with Gasteiger partial charge in [-0.3, -0.25) is 9.59 Å². The van der Waals surface area contributed by atoms with E-state index >= 15 is 0 Å². The van der Waals surface area contributed by atoms with Crippen LogP contribution in [-0.2, 0) is 9.59 Å². The number of fused-ring (bicyclic) bond motifs is 2. The molecule has 0 aliphatic carbocycles. The summed E-state index contributed by atoms with van der Waals surface area (Å²) in [6, 6.07) is 0.159. The van der Waals surface area contributed by atoms with Crippen LogP contribution in [0.25, 0.3) is 0 Å². The molecule has 2 rings (SSSR count). The van der Waals surface area contributed by atoms with Crippen molar-refractivity contribution < 1.29 is 14.7 Å². The van der Waals surface area contributed by atoms with Gasteiger partial charge in [-0.05, 0) is 25.2 Å². The zero-order chi connectivity index (χ0) is 12.6. The van der Waals surface area contributed by atoms with Gasteiger partial charge in [0, 0.05) is 18.5 Å². The number of hydrogen-bond acceptors (Lipinski definition) is 2. The van der Waals surface area contributed by atoms with E-state index < -0.39 is 5.97 Å². The molecule has 1 N–H and O–H groups in total. The zero-order valence-corrected chi connectivity index (χ0v) is 10.6. The predicted octanol–water partition coefficient (Wildman–Crippen LogP) is 1.89. The minimum Gasteiger partial charge on any atom is -0.481 e. The van der Waals surface area contributed by atoms with E-state index in [0.29, 0.717) is 18.8 Å². The van der Waals surface area contributed by atoms with Gasteiger partial charge in [-0.2, -0.15) is 0 Å². The van der Waals surface area contributed by atoms with Gasteiger partial charge in [0.05, 0.1) is 5.92 Å². The fourth-order valence-corrected chi connectivity index (χ4v) is 3.19. The van der Waals surface area contributed by atoms with Crippen LogP contribution in [0, 0.1) is 11.8 Å². The van der Waals surface area contributed by atoms with Crippen molar-refractivity contribution in [3.8, 4) is 0 Å². The van der Waals surface area contributed by atoms with Crippen LogP contribution in [0.15, 0.2) is 0 Å². The number of carboxylic acids is 1. The molecule has 2 aliphatic heterocycles. The van der Waals surface area contributed by atoms with Crippen LogP contribution in [0.4, 0.5) is 0 Å². The molecule has 0 radical (unpaired) electrons. The van der Waals surface area contributed by atoms with Crippen molar-refractivity contribution in [2.24, 2.45) is 11.8 Å². The largest absolute Gasteiger partial charge is 0.481 e. The van der Waals surface area contributed by atoms with Gasteiger partial charge in [-0.25, -0.2) is 0 Å². The minimum atomic E-state index is -0.737. The summed E-state index contributed by atoms with van der Waals surface area (Å²) in [5, 5.41) is 9.12. The summed E-state index contributed by atoms with van der Waals surface area (Å²) in [5.74, 6) is -0.505. The van der Waals surface area contributed by atoms with E-state index in [0.717, 1.165) is 19.3 Å². The first kappa shape index (κ1) is 12.4. The lowest BCUT2D eigenvalue weighted by Crippen LogP contribution is -2.38. The monoisotopic (exact) mass is 239 g/mol. The molecule has 4 atom stereocenters. The number of carbonyl (C=O) groups is 2. The first-order valence-electron chi connectivity index (χ1n) is 6.58. The van der Waals surface area contributed by atoms with E-state index in [9.17, 15) is 9.59 Å². The SMILES string of the molecule is CCC(C)CC(=O)N1C2CCC1C(C(=O)O)C2. The maximum atomic E-state index is 12.2. The Bertz CT molecular complexity index is 329. The molecule has 1 amide bonds. The van der Waals surface area contributed by atoms with E-state index in [1.165, 1.54) is 0 Å². The Kier molecular flexibility index (Phi) is 3.40. The molecule has 0 aromatic rings. The Balaban J connectivity index is 2.03. The molecule has 2 aliphatic rings. The number of carboxylic acid groups (broad SMARTS) is 1. The molecule has 17 heavy (non-hydrogen) atoms. The Labute approximate surface area is 102 Å². The fraction of sp³-hybridized carbons (Fsp3) is 0.846. The molecule has 96 valence electrons. The van der Waals surface area contributed by atoms with Gasteiger partial charge in [-0.1, -0.05) is 20.3 Å². The molecular formula is C13H21NO3. The molecule has 4 nitrogen and oxygen atoms in total. The molecule has 2 heterocycles. The van der Waals surface area contributed by atoms with Crippen LogP contribution in [0.2, 0.25) is 0 Å². The van der Waals surface area contributed by atoms with E-state index in [2.05, 4.69) is 13.8 Å². The average Bonchev–Trinajstić information content (AvgIpc) is 2.85. The summed E-state index contributed by atoms with van der Waals surface area (Å²) in [7, 11) is 0. The molecule has 0 aromatic carbocycles. The number of aliphatic carboxylic acids is 1. The van der Waals surface area contributed by atoms with Crippen LogP contribution in [0.1, 0.15) is 46.0 Å². The standard InChI is InChI=1S/C13H21NO3/c1-3-8(2)6-12(15)14-9-4-5-11(14)10(7-9)13(16)17/h8-11H,3-7H2,1-2H3,(H,16,17). The van der Waals surface area contributed by atoms with Gasteiger partial charge >= 0.3 is 5.97 Å². The highest BCUT2D eigenvalue weighted by Gasteiger charge is 2.51.